The number of carbonyl (C=O) groups excluding carboxylic acids is 1. The first-order valence-electron chi connectivity index (χ1n) is 5.38. The maximum Gasteiger partial charge on any atom is 0.222 e. The molecule has 16 heavy (non-hydrogen) atoms. The van der Waals surface area contributed by atoms with E-state index in [1.807, 2.05) is 31.2 Å². The van der Waals surface area contributed by atoms with Crippen molar-refractivity contribution in [3.05, 3.63) is 29.8 Å². The molecule has 0 aliphatic heterocycles. The van der Waals surface area contributed by atoms with Gasteiger partial charge in [0.05, 0.1) is 12.5 Å². The zero-order chi connectivity index (χ0) is 12.0. The SMILES string of the molecule is CCOc1ccc(C[C@@H](CN)C(N)=O)cc1. The van der Waals surface area contributed by atoms with Crippen LogP contribution < -0.4 is 16.2 Å². The predicted octanol–water partition coefficient (Wildman–Crippen LogP) is 0.688. The Balaban J connectivity index is 2.63. The summed E-state index contributed by atoms with van der Waals surface area (Å²) in [6.07, 6.45) is 0.582. The van der Waals surface area contributed by atoms with Gasteiger partial charge >= 0.3 is 0 Å². The van der Waals surface area contributed by atoms with Crippen molar-refractivity contribution in [3.8, 4) is 5.75 Å². The van der Waals surface area contributed by atoms with E-state index in [4.69, 9.17) is 16.2 Å². The fraction of sp³-hybridized carbons (Fsp3) is 0.417. The zero-order valence-electron chi connectivity index (χ0n) is 9.48. The molecule has 0 fully saturated rings. The number of carbonyl (C=O) groups is 1. The Bertz CT molecular complexity index is 335. The van der Waals surface area contributed by atoms with E-state index in [1.165, 1.54) is 0 Å². The normalized spacial score (nSPS) is 12.1. The highest BCUT2D eigenvalue weighted by atomic mass is 16.5. The van der Waals surface area contributed by atoms with E-state index in [0.717, 1.165) is 11.3 Å². The number of hydrogen-bond acceptors (Lipinski definition) is 3. The Morgan fingerprint density at radius 2 is 2.00 bits per heavy atom. The summed E-state index contributed by atoms with van der Waals surface area (Å²) in [4.78, 5) is 11.0. The van der Waals surface area contributed by atoms with Gasteiger partial charge < -0.3 is 16.2 Å². The number of hydrogen-bond donors (Lipinski definition) is 2. The van der Waals surface area contributed by atoms with Gasteiger partial charge in [0.2, 0.25) is 5.91 Å². The molecule has 0 aromatic heterocycles. The highest BCUT2D eigenvalue weighted by Gasteiger charge is 2.13. The molecule has 88 valence electrons. The summed E-state index contributed by atoms with van der Waals surface area (Å²) in [5, 5.41) is 0. The molecule has 4 N–H and O–H groups in total. The van der Waals surface area contributed by atoms with Crippen molar-refractivity contribution in [1.82, 2.24) is 0 Å². The Morgan fingerprint density at radius 1 is 1.38 bits per heavy atom. The fourth-order valence-electron chi connectivity index (χ4n) is 1.47. The van der Waals surface area contributed by atoms with Crippen LogP contribution in [0, 0.1) is 5.92 Å². The smallest absolute Gasteiger partial charge is 0.222 e. The monoisotopic (exact) mass is 222 g/mol. The Labute approximate surface area is 95.6 Å². The molecule has 0 saturated heterocycles. The summed E-state index contributed by atoms with van der Waals surface area (Å²) in [7, 11) is 0. The van der Waals surface area contributed by atoms with Crippen LogP contribution in [0.15, 0.2) is 24.3 Å². The fourth-order valence-corrected chi connectivity index (χ4v) is 1.47. The Hall–Kier alpha value is -1.55. The van der Waals surface area contributed by atoms with Gasteiger partial charge in [0, 0.05) is 6.54 Å². The van der Waals surface area contributed by atoms with Gasteiger partial charge in [-0.05, 0) is 31.0 Å². The molecule has 0 saturated carbocycles. The van der Waals surface area contributed by atoms with Crippen molar-refractivity contribution in [2.24, 2.45) is 17.4 Å². The largest absolute Gasteiger partial charge is 0.494 e. The molecular formula is C12H18N2O2. The molecule has 0 bridgehead atoms. The van der Waals surface area contributed by atoms with Gasteiger partial charge in [0.25, 0.3) is 0 Å². The van der Waals surface area contributed by atoms with Crippen LogP contribution >= 0.6 is 0 Å². The summed E-state index contributed by atoms with van der Waals surface area (Å²) < 4.78 is 5.32. The second-order valence-electron chi connectivity index (χ2n) is 3.62. The molecule has 0 aliphatic carbocycles. The molecule has 1 amide bonds. The van der Waals surface area contributed by atoms with Crippen LogP contribution in [0.3, 0.4) is 0 Å². The van der Waals surface area contributed by atoms with Gasteiger partial charge in [-0.15, -0.1) is 0 Å². The minimum Gasteiger partial charge on any atom is -0.494 e. The lowest BCUT2D eigenvalue weighted by atomic mass is 9.99. The molecule has 0 spiro atoms. The molecule has 0 radical (unpaired) electrons. The van der Waals surface area contributed by atoms with Gasteiger partial charge in [-0.3, -0.25) is 4.79 Å². The Kier molecular flexibility index (Phi) is 4.79. The molecule has 0 aliphatic rings. The first-order valence-corrected chi connectivity index (χ1v) is 5.38. The number of benzene rings is 1. The highest BCUT2D eigenvalue weighted by Crippen LogP contribution is 2.14. The average molecular weight is 222 g/mol. The maximum absolute atomic E-state index is 11.0. The summed E-state index contributed by atoms with van der Waals surface area (Å²) >= 11 is 0. The lowest BCUT2D eigenvalue weighted by Crippen LogP contribution is -2.31. The van der Waals surface area contributed by atoms with Crippen molar-refractivity contribution in [2.45, 2.75) is 13.3 Å². The molecule has 1 aromatic carbocycles. The van der Waals surface area contributed by atoms with Crippen LogP contribution in [0.25, 0.3) is 0 Å². The van der Waals surface area contributed by atoms with E-state index in [1.54, 1.807) is 0 Å². The van der Waals surface area contributed by atoms with Gasteiger partial charge in [0.15, 0.2) is 0 Å². The van der Waals surface area contributed by atoms with Crippen LogP contribution in [0.1, 0.15) is 12.5 Å². The van der Waals surface area contributed by atoms with E-state index in [9.17, 15) is 4.79 Å². The third-order valence-corrected chi connectivity index (χ3v) is 2.40. The molecule has 0 unspecified atom stereocenters. The third-order valence-electron chi connectivity index (χ3n) is 2.40. The zero-order valence-corrected chi connectivity index (χ0v) is 9.48. The van der Waals surface area contributed by atoms with Crippen LogP contribution in [0.5, 0.6) is 5.75 Å². The van der Waals surface area contributed by atoms with Crippen LogP contribution in [-0.2, 0) is 11.2 Å². The summed E-state index contributed by atoms with van der Waals surface area (Å²) in [6.45, 7) is 2.86. The lowest BCUT2D eigenvalue weighted by Gasteiger charge is -2.11. The maximum atomic E-state index is 11.0. The van der Waals surface area contributed by atoms with Crippen LogP contribution in [0.2, 0.25) is 0 Å². The molecule has 1 rings (SSSR count). The first kappa shape index (κ1) is 12.5. The number of nitrogens with two attached hydrogens (primary N) is 2. The Morgan fingerprint density at radius 3 is 2.44 bits per heavy atom. The number of primary amides is 1. The molecule has 4 heteroatoms. The van der Waals surface area contributed by atoms with Gasteiger partial charge in [-0.2, -0.15) is 0 Å². The van der Waals surface area contributed by atoms with Gasteiger partial charge in [0.1, 0.15) is 5.75 Å². The van der Waals surface area contributed by atoms with Gasteiger partial charge in [-0.1, -0.05) is 12.1 Å². The standard InChI is InChI=1S/C12H18N2O2/c1-2-16-11-5-3-9(4-6-11)7-10(8-13)12(14)15/h3-6,10H,2,7-8,13H2,1H3,(H2,14,15)/t10-/m0/s1. The number of amides is 1. The topological polar surface area (TPSA) is 78.3 Å². The van der Waals surface area contributed by atoms with E-state index in [2.05, 4.69) is 0 Å². The summed E-state index contributed by atoms with van der Waals surface area (Å²) in [6, 6.07) is 7.62. The molecule has 4 nitrogen and oxygen atoms in total. The molecule has 1 aromatic rings. The first-order chi connectivity index (χ1) is 7.67. The second kappa shape index (κ2) is 6.12. The van der Waals surface area contributed by atoms with Gasteiger partial charge in [-0.25, -0.2) is 0 Å². The molecule has 0 heterocycles. The summed E-state index contributed by atoms with van der Waals surface area (Å²) in [5.41, 5.74) is 11.7. The second-order valence-corrected chi connectivity index (χ2v) is 3.62. The molecule has 1 atom stereocenters. The van der Waals surface area contributed by atoms with Crippen molar-refractivity contribution in [2.75, 3.05) is 13.2 Å². The van der Waals surface area contributed by atoms with Crippen molar-refractivity contribution in [1.29, 1.82) is 0 Å². The van der Waals surface area contributed by atoms with E-state index in [0.29, 0.717) is 13.0 Å². The van der Waals surface area contributed by atoms with E-state index >= 15 is 0 Å². The summed E-state index contributed by atoms with van der Waals surface area (Å²) in [5.74, 6) is 0.184. The van der Waals surface area contributed by atoms with E-state index in [-0.39, 0.29) is 18.4 Å². The van der Waals surface area contributed by atoms with Crippen molar-refractivity contribution < 1.29 is 9.53 Å². The van der Waals surface area contributed by atoms with Crippen LogP contribution in [-0.4, -0.2) is 19.1 Å². The predicted molar refractivity (Wildman–Crippen MR) is 63.1 cm³/mol. The highest BCUT2D eigenvalue weighted by molar-refractivity contribution is 5.77. The van der Waals surface area contributed by atoms with E-state index < -0.39 is 0 Å². The number of ether oxygens (including phenoxy) is 1. The molecular weight excluding hydrogens is 204 g/mol. The van der Waals surface area contributed by atoms with Crippen molar-refractivity contribution in [3.63, 3.8) is 0 Å². The lowest BCUT2D eigenvalue weighted by molar-refractivity contribution is -0.121. The van der Waals surface area contributed by atoms with Crippen LogP contribution in [0.4, 0.5) is 0 Å². The third kappa shape index (κ3) is 3.55. The average Bonchev–Trinajstić information content (AvgIpc) is 2.28. The minimum absolute atomic E-state index is 0.280. The van der Waals surface area contributed by atoms with Crippen molar-refractivity contribution >= 4 is 5.91 Å². The quantitative estimate of drug-likeness (QED) is 0.743. The minimum atomic E-state index is -0.351. The number of rotatable bonds is 6.